The van der Waals surface area contributed by atoms with Gasteiger partial charge in [0.2, 0.25) is 6.79 Å². The van der Waals surface area contributed by atoms with Crippen molar-refractivity contribution in [3.63, 3.8) is 0 Å². The van der Waals surface area contributed by atoms with Crippen molar-refractivity contribution >= 4 is 32.4 Å². The summed E-state index contributed by atoms with van der Waals surface area (Å²) in [4.78, 5) is 4.63. The standard InChI is InChI=1S/C19H13NO4/c1-22-19-14(21)5-3-11-8-20-18-12(17(11)19)4-2-10-6-15-16(7-13(10)18)24-9-23-15/h2-8,21H,9H2,1H3. The minimum absolute atomic E-state index is 0.114. The van der Waals surface area contributed by atoms with Gasteiger partial charge in [-0.25, -0.2) is 0 Å². The Balaban J connectivity index is 1.97. The molecule has 0 amide bonds. The van der Waals surface area contributed by atoms with Crippen molar-refractivity contribution in [2.75, 3.05) is 13.9 Å². The van der Waals surface area contributed by atoms with E-state index in [9.17, 15) is 5.11 Å². The van der Waals surface area contributed by atoms with Crippen LogP contribution in [0, 0.1) is 0 Å². The Labute approximate surface area is 137 Å². The van der Waals surface area contributed by atoms with Crippen LogP contribution in [0.3, 0.4) is 0 Å². The summed E-state index contributed by atoms with van der Waals surface area (Å²) in [6.45, 7) is 0.238. The zero-order valence-corrected chi connectivity index (χ0v) is 12.9. The molecule has 0 bridgehead atoms. The van der Waals surface area contributed by atoms with E-state index in [0.717, 1.165) is 43.9 Å². The third-order valence-electron chi connectivity index (χ3n) is 4.46. The zero-order valence-electron chi connectivity index (χ0n) is 12.9. The van der Waals surface area contributed by atoms with E-state index in [-0.39, 0.29) is 12.5 Å². The maximum Gasteiger partial charge on any atom is 0.231 e. The average molecular weight is 319 g/mol. The zero-order chi connectivity index (χ0) is 16.3. The summed E-state index contributed by atoms with van der Waals surface area (Å²) in [5.74, 6) is 2.04. The lowest BCUT2D eigenvalue weighted by molar-refractivity contribution is 0.174. The molecular formula is C19H13NO4. The summed E-state index contributed by atoms with van der Waals surface area (Å²) in [5, 5.41) is 14.8. The number of fused-ring (bicyclic) bond motifs is 6. The minimum Gasteiger partial charge on any atom is -0.504 e. The van der Waals surface area contributed by atoms with Gasteiger partial charge >= 0.3 is 0 Å². The average Bonchev–Trinajstić information content (AvgIpc) is 3.06. The molecule has 3 aromatic carbocycles. The SMILES string of the molecule is COc1c(O)ccc2cnc3c4cc5c(cc4ccc3c12)OCO5. The number of aromatic nitrogens is 1. The van der Waals surface area contributed by atoms with Gasteiger partial charge in [0.15, 0.2) is 23.0 Å². The van der Waals surface area contributed by atoms with Gasteiger partial charge < -0.3 is 19.3 Å². The lowest BCUT2D eigenvalue weighted by atomic mass is 10.0. The van der Waals surface area contributed by atoms with Gasteiger partial charge in [-0.05, 0) is 29.7 Å². The minimum atomic E-state index is 0.114. The molecule has 5 nitrogen and oxygen atoms in total. The molecule has 0 aliphatic carbocycles. The first kappa shape index (κ1) is 13.2. The molecule has 1 aromatic heterocycles. The van der Waals surface area contributed by atoms with Crippen LogP contribution in [-0.2, 0) is 0 Å². The first-order chi connectivity index (χ1) is 11.8. The quantitative estimate of drug-likeness (QED) is 0.538. The smallest absolute Gasteiger partial charge is 0.231 e. The van der Waals surface area contributed by atoms with Crippen molar-refractivity contribution in [3.8, 4) is 23.0 Å². The summed E-state index contributed by atoms with van der Waals surface area (Å²) < 4.78 is 16.4. The van der Waals surface area contributed by atoms with Gasteiger partial charge in [-0.2, -0.15) is 0 Å². The number of ether oxygens (including phenoxy) is 3. The topological polar surface area (TPSA) is 60.8 Å². The molecule has 1 aliphatic rings. The number of phenols is 1. The van der Waals surface area contributed by atoms with E-state index in [1.165, 1.54) is 0 Å². The van der Waals surface area contributed by atoms with E-state index in [4.69, 9.17) is 14.2 Å². The summed E-state index contributed by atoms with van der Waals surface area (Å²) in [6.07, 6.45) is 1.80. The Morgan fingerprint density at radius 1 is 1.00 bits per heavy atom. The lowest BCUT2D eigenvalue weighted by Gasteiger charge is -2.11. The highest BCUT2D eigenvalue weighted by Crippen LogP contribution is 2.42. The Morgan fingerprint density at radius 3 is 2.62 bits per heavy atom. The second-order valence-corrected chi connectivity index (χ2v) is 5.73. The highest BCUT2D eigenvalue weighted by atomic mass is 16.7. The monoisotopic (exact) mass is 319 g/mol. The second-order valence-electron chi connectivity index (χ2n) is 5.73. The van der Waals surface area contributed by atoms with Crippen LogP contribution in [-0.4, -0.2) is 24.0 Å². The molecule has 5 rings (SSSR count). The van der Waals surface area contributed by atoms with Gasteiger partial charge in [0.05, 0.1) is 12.6 Å². The van der Waals surface area contributed by atoms with Gasteiger partial charge in [-0.3, -0.25) is 4.98 Å². The van der Waals surface area contributed by atoms with Crippen LogP contribution in [0.1, 0.15) is 0 Å². The van der Waals surface area contributed by atoms with Crippen molar-refractivity contribution in [2.45, 2.75) is 0 Å². The van der Waals surface area contributed by atoms with Gasteiger partial charge in [-0.15, -0.1) is 0 Å². The van der Waals surface area contributed by atoms with Gasteiger partial charge in [0.25, 0.3) is 0 Å². The van der Waals surface area contributed by atoms with Crippen LogP contribution in [0.15, 0.2) is 42.6 Å². The van der Waals surface area contributed by atoms with Gasteiger partial charge in [0, 0.05) is 27.7 Å². The first-order valence-corrected chi connectivity index (χ1v) is 7.57. The Hall–Kier alpha value is -3.21. The fourth-order valence-corrected chi connectivity index (χ4v) is 3.35. The summed E-state index contributed by atoms with van der Waals surface area (Å²) >= 11 is 0. The van der Waals surface area contributed by atoms with Crippen LogP contribution in [0.5, 0.6) is 23.0 Å². The van der Waals surface area contributed by atoms with Gasteiger partial charge in [-0.1, -0.05) is 12.1 Å². The number of hydrogen-bond donors (Lipinski definition) is 1. The summed E-state index contributed by atoms with van der Waals surface area (Å²) in [6, 6.07) is 11.4. The van der Waals surface area contributed by atoms with Crippen LogP contribution in [0.25, 0.3) is 32.4 Å². The van der Waals surface area contributed by atoms with Crippen LogP contribution >= 0.6 is 0 Å². The van der Waals surface area contributed by atoms with Crippen LogP contribution in [0.4, 0.5) is 0 Å². The Morgan fingerprint density at radius 2 is 1.79 bits per heavy atom. The lowest BCUT2D eigenvalue weighted by Crippen LogP contribution is -1.92. The predicted molar refractivity (Wildman–Crippen MR) is 91.1 cm³/mol. The fraction of sp³-hybridized carbons (Fsp3) is 0.105. The molecular weight excluding hydrogens is 306 g/mol. The number of pyridine rings is 1. The predicted octanol–water partition coefficient (Wildman–Crippen LogP) is 3.98. The maximum absolute atomic E-state index is 10.1. The van der Waals surface area contributed by atoms with Crippen molar-refractivity contribution in [1.82, 2.24) is 4.98 Å². The molecule has 118 valence electrons. The molecule has 0 spiro atoms. The number of methoxy groups -OCH3 is 1. The third-order valence-corrected chi connectivity index (χ3v) is 4.46. The molecule has 0 radical (unpaired) electrons. The van der Waals surface area contributed by atoms with Crippen molar-refractivity contribution in [2.24, 2.45) is 0 Å². The number of phenolic OH excluding ortho intramolecular Hbond substituents is 1. The Kier molecular flexibility index (Phi) is 2.56. The molecule has 0 saturated carbocycles. The number of aromatic hydroxyl groups is 1. The largest absolute Gasteiger partial charge is 0.504 e. The summed E-state index contributed by atoms with van der Waals surface area (Å²) in [7, 11) is 1.56. The molecule has 0 fully saturated rings. The van der Waals surface area contributed by atoms with E-state index in [0.29, 0.717) is 5.75 Å². The number of nitrogens with zero attached hydrogens (tertiary/aromatic N) is 1. The molecule has 1 aliphatic heterocycles. The molecule has 0 unspecified atom stereocenters. The fourth-order valence-electron chi connectivity index (χ4n) is 3.35. The molecule has 0 atom stereocenters. The van der Waals surface area contributed by atoms with Crippen molar-refractivity contribution < 1.29 is 19.3 Å². The second kappa shape index (κ2) is 4.64. The normalized spacial score (nSPS) is 13.0. The Bertz CT molecular complexity index is 1140. The molecule has 5 heteroatoms. The number of benzene rings is 3. The van der Waals surface area contributed by atoms with E-state index in [2.05, 4.69) is 4.98 Å². The molecule has 0 saturated heterocycles. The van der Waals surface area contributed by atoms with E-state index < -0.39 is 0 Å². The molecule has 24 heavy (non-hydrogen) atoms. The van der Waals surface area contributed by atoms with Crippen LogP contribution in [0.2, 0.25) is 0 Å². The van der Waals surface area contributed by atoms with E-state index >= 15 is 0 Å². The highest BCUT2D eigenvalue weighted by Gasteiger charge is 2.17. The molecule has 2 heterocycles. The number of rotatable bonds is 1. The highest BCUT2D eigenvalue weighted by molar-refractivity contribution is 6.17. The van der Waals surface area contributed by atoms with E-state index in [1.807, 2.05) is 30.3 Å². The third kappa shape index (κ3) is 1.66. The molecule has 1 N–H and O–H groups in total. The van der Waals surface area contributed by atoms with Gasteiger partial charge in [0.1, 0.15) is 0 Å². The number of hydrogen-bond acceptors (Lipinski definition) is 5. The first-order valence-electron chi connectivity index (χ1n) is 7.57. The van der Waals surface area contributed by atoms with Crippen molar-refractivity contribution in [1.29, 1.82) is 0 Å². The van der Waals surface area contributed by atoms with Crippen molar-refractivity contribution in [3.05, 3.63) is 42.6 Å². The van der Waals surface area contributed by atoms with Crippen LogP contribution < -0.4 is 14.2 Å². The molecule has 4 aromatic rings. The summed E-state index contributed by atoms with van der Waals surface area (Å²) in [5.41, 5.74) is 0.835. The maximum atomic E-state index is 10.1. The van der Waals surface area contributed by atoms with E-state index in [1.54, 1.807) is 19.4 Å².